The Morgan fingerprint density at radius 1 is 0.939 bits per heavy atom. The predicted molar refractivity (Wildman–Crippen MR) is 128 cm³/mol. The van der Waals surface area contributed by atoms with Crippen LogP contribution in [0.3, 0.4) is 0 Å². The van der Waals surface area contributed by atoms with Gasteiger partial charge in [-0.15, -0.1) is 0 Å². The highest BCUT2D eigenvalue weighted by molar-refractivity contribution is 5.95. The number of nitrogens with zero attached hydrogens (tertiary/aromatic N) is 4. The highest BCUT2D eigenvalue weighted by Gasteiger charge is 2.17. The lowest BCUT2D eigenvalue weighted by atomic mass is 10.1. The fourth-order valence-electron chi connectivity index (χ4n) is 3.20. The van der Waals surface area contributed by atoms with Crippen LogP contribution in [0.25, 0.3) is 11.4 Å². The second-order valence-corrected chi connectivity index (χ2v) is 7.42. The molecule has 0 saturated heterocycles. The van der Waals surface area contributed by atoms with Gasteiger partial charge in [0.15, 0.2) is 5.82 Å². The fraction of sp³-hybridized carbons (Fsp3) is 0.160. The lowest BCUT2D eigenvalue weighted by Gasteiger charge is -2.13. The van der Waals surface area contributed by atoms with Crippen molar-refractivity contribution in [1.82, 2.24) is 19.9 Å². The number of benzene rings is 2. The smallest absolute Gasteiger partial charge is 0.343 e. The molecule has 0 amide bonds. The lowest BCUT2D eigenvalue weighted by molar-refractivity contribution is 0.0526. The third-order valence-electron chi connectivity index (χ3n) is 4.78. The number of nitrogens with one attached hydrogen (secondary N) is 2. The summed E-state index contributed by atoms with van der Waals surface area (Å²) in [5.41, 5.74) is 4.75. The van der Waals surface area contributed by atoms with Crippen LogP contribution in [0.4, 0.5) is 23.0 Å². The number of aromatic nitrogens is 4. The molecule has 0 saturated carbocycles. The maximum absolute atomic E-state index is 12.5. The van der Waals surface area contributed by atoms with Crippen molar-refractivity contribution < 1.29 is 9.53 Å². The minimum atomic E-state index is -0.479. The summed E-state index contributed by atoms with van der Waals surface area (Å²) in [4.78, 5) is 29.8. The average Bonchev–Trinajstić information content (AvgIpc) is 2.80. The molecule has 0 spiro atoms. The van der Waals surface area contributed by atoms with Gasteiger partial charge in [0.05, 0.1) is 6.61 Å². The summed E-state index contributed by atoms with van der Waals surface area (Å²) >= 11 is 0. The van der Waals surface area contributed by atoms with E-state index < -0.39 is 5.97 Å². The summed E-state index contributed by atoms with van der Waals surface area (Å²) < 4.78 is 5.19. The van der Waals surface area contributed by atoms with Crippen molar-refractivity contribution in [3.05, 3.63) is 83.9 Å². The van der Waals surface area contributed by atoms with E-state index in [1.54, 1.807) is 6.92 Å². The monoisotopic (exact) mass is 440 g/mol. The summed E-state index contributed by atoms with van der Waals surface area (Å²) in [5.74, 6) is 1.14. The van der Waals surface area contributed by atoms with Gasteiger partial charge >= 0.3 is 5.97 Å². The number of esters is 1. The molecule has 0 fully saturated rings. The van der Waals surface area contributed by atoms with Gasteiger partial charge in [-0.1, -0.05) is 23.8 Å². The molecule has 0 aliphatic carbocycles. The summed E-state index contributed by atoms with van der Waals surface area (Å²) in [7, 11) is 0. The van der Waals surface area contributed by atoms with E-state index in [0.29, 0.717) is 17.5 Å². The zero-order valence-electron chi connectivity index (χ0n) is 18.7. The van der Waals surface area contributed by atoms with Gasteiger partial charge in [0.1, 0.15) is 23.5 Å². The SMILES string of the molecule is CCOC(=O)c1cnc(-c2cccc(C)c2)nc1Nc1ccc(Nc2cc(C)ncn2)cc1. The van der Waals surface area contributed by atoms with E-state index in [0.717, 1.165) is 28.2 Å². The third kappa shape index (κ3) is 5.48. The number of hydrogen-bond donors (Lipinski definition) is 2. The van der Waals surface area contributed by atoms with E-state index in [2.05, 4.69) is 30.6 Å². The number of rotatable bonds is 7. The zero-order chi connectivity index (χ0) is 23.2. The summed E-state index contributed by atoms with van der Waals surface area (Å²) in [6.07, 6.45) is 3.02. The molecule has 0 aliphatic rings. The van der Waals surface area contributed by atoms with Gasteiger partial charge in [0.25, 0.3) is 0 Å². The van der Waals surface area contributed by atoms with E-state index in [9.17, 15) is 4.79 Å². The summed E-state index contributed by atoms with van der Waals surface area (Å²) in [6.45, 7) is 5.94. The molecule has 4 aromatic rings. The van der Waals surface area contributed by atoms with Crippen LogP contribution in [0.2, 0.25) is 0 Å². The van der Waals surface area contributed by atoms with Crippen LogP contribution in [0.15, 0.2) is 67.1 Å². The largest absolute Gasteiger partial charge is 0.462 e. The zero-order valence-corrected chi connectivity index (χ0v) is 18.7. The van der Waals surface area contributed by atoms with Crippen LogP contribution >= 0.6 is 0 Å². The van der Waals surface area contributed by atoms with Crippen molar-refractivity contribution in [1.29, 1.82) is 0 Å². The second-order valence-electron chi connectivity index (χ2n) is 7.42. The fourth-order valence-corrected chi connectivity index (χ4v) is 3.20. The molecule has 0 radical (unpaired) electrons. The molecular weight excluding hydrogens is 416 g/mol. The first-order valence-corrected chi connectivity index (χ1v) is 10.6. The van der Waals surface area contributed by atoms with Crippen LogP contribution in [-0.2, 0) is 4.74 Å². The van der Waals surface area contributed by atoms with Gasteiger partial charge in [-0.05, 0) is 51.1 Å². The Morgan fingerprint density at radius 2 is 1.70 bits per heavy atom. The van der Waals surface area contributed by atoms with Crippen molar-refractivity contribution in [2.75, 3.05) is 17.2 Å². The van der Waals surface area contributed by atoms with Gasteiger partial charge < -0.3 is 15.4 Å². The number of hydrogen-bond acceptors (Lipinski definition) is 8. The molecule has 8 nitrogen and oxygen atoms in total. The predicted octanol–water partition coefficient (Wildman–Crippen LogP) is 5.21. The third-order valence-corrected chi connectivity index (χ3v) is 4.78. The van der Waals surface area contributed by atoms with Crippen LogP contribution in [0, 0.1) is 13.8 Å². The van der Waals surface area contributed by atoms with Crippen LogP contribution < -0.4 is 10.6 Å². The molecule has 33 heavy (non-hydrogen) atoms. The van der Waals surface area contributed by atoms with Gasteiger partial charge in [-0.25, -0.2) is 24.7 Å². The highest BCUT2D eigenvalue weighted by atomic mass is 16.5. The molecule has 2 aromatic heterocycles. The maximum Gasteiger partial charge on any atom is 0.343 e. The highest BCUT2D eigenvalue weighted by Crippen LogP contribution is 2.25. The molecule has 4 rings (SSSR count). The van der Waals surface area contributed by atoms with E-state index in [1.807, 2.05) is 68.4 Å². The number of anilines is 4. The van der Waals surface area contributed by atoms with E-state index in [-0.39, 0.29) is 12.2 Å². The molecule has 2 N–H and O–H groups in total. The quantitative estimate of drug-likeness (QED) is 0.377. The van der Waals surface area contributed by atoms with Crippen molar-refractivity contribution in [2.45, 2.75) is 20.8 Å². The van der Waals surface area contributed by atoms with Crippen LogP contribution in [0.5, 0.6) is 0 Å². The van der Waals surface area contributed by atoms with E-state index >= 15 is 0 Å². The normalized spacial score (nSPS) is 10.5. The van der Waals surface area contributed by atoms with Gasteiger partial charge in [-0.3, -0.25) is 0 Å². The Bertz CT molecular complexity index is 1270. The number of carbonyl (C=O) groups excluding carboxylic acids is 1. The van der Waals surface area contributed by atoms with Gasteiger partial charge in [0, 0.05) is 34.9 Å². The molecule has 0 atom stereocenters. The minimum Gasteiger partial charge on any atom is -0.462 e. The van der Waals surface area contributed by atoms with E-state index in [1.165, 1.54) is 12.5 Å². The first-order chi connectivity index (χ1) is 16.0. The van der Waals surface area contributed by atoms with Crippen LogP contribution in [0.1, 0.15) is 28.5 Å². The molecule has 0 bridgehead atoms. The summed E-state index contributed by atoms with van der Waals surface area (Å²) in [5, 5.41) is 6.47. The average molecular weight is 441 g/mol. The Balaban J connectivity index is 1.61. The topological polar surface area (TPSA) is 102 Å². The molecule has 166 valence electrons. The standard InChI is InChI=1S/C25H24N6O2/c1-4-33-25(32)21-14-26-23(18-7-5-6-16(2)12-18)31-24(21)30-20-10-8-19(9-11-20)29-22-13-17(3)27-15-28-22/h5-15H,4H2,1-3H3,(H,26,30,31)(H,27,28,29). The summed E-state index contributed by atoms with van der Waals surface area (Å²) in [6, 6.07) is 17.4. The maximum atomic E-state index is 12.5. The first-order valence-electron chi connectivity index (χ1n) is 10.6. The Kier molecular flexibility index (Phi) is 6.54. The number of carbonyl (C=O) groups is 1. The molecule has 0 unspecified atom stereocenters. The van der Waals surface area contributed by atoms with Crippen LogP contribution in [-0.4, -0.2) is 32.5 Å². The number of aryl methyl sites for hydroxylation is 2. The van der Waals surface area contributed by atoms with Gasteiger partial charge in [0.2, 0.25) is 0 Å². The van der Waals surface area contributed by atoms with Crippen molar-refractivity contribution >= 4 is 29.0 Å². The molecule has 8 heteroatoms. The van der Waals surface area contributed by atoms with Crippen molar-refractivity contribution in [3.63, 3.8) is 0 Å². The minimum absolute atomic E-state index is 0.265. The van der Waals surface area contributed by atoms with E-state index in [4.69, 9.17) is 4.74 Å². The molecule has 0 aliphatic heterocycles. The Labute approximate surface area is 192 Å². The first kappa shape index (κ1) is 21.9. The molecular formula is C25H24N6O2. The second kappa shape index (κ2) is 9.86. The molecule has 2 heterocycles. The number of ether oxygens (including phenoxy) is 1. The lowest BCUT2D eigenvalue weighted by Crippen LogP contribution is -2.11. The van der Waals surface area contributed by atoms with Crippen molar-refractivity contribution in [2.24, 2.45) is 0 Å². The Hall–Kier alpha value is -4.33. The van der Waals surface area contributed by atoms with Gasteiger partial charge in [-0.2, -0.15) is 0 Å². The molecule has 2 aromatic carbocycles. The Morgan fingerprint density at radius 3 is 2.39 bits per heavy atom. The van der Waals surface area contributed by atoms with Crippen molar-refractivity contribution in [3.8, 4) is 11.4 Å².